The molecule has 1 aliphatic rings. The third kappa shape index (κ3) is 2.39. The molecule has 0 N–H and O–H groups in total. The Kier molecular flexibility index (Phi) is 3.09. The first-order valence-electron chi connectivity index (χ1n) is 5.79. The molecule has 1 fully saturated rings. The summed E-state index contributed by atoms with van der Waals surface area (Å²) in [6, 6.07) is 15.4. The molecule has 2 aromatic rings. The number of sulfone groups is 1. The summed E-state index contributed by atoms with van der Waals surface area (Å²) in [6.07, 6.45) is -0.427. The Hall–Kier alpha value is -1.36. The van der Waals surface area contributed by atoms with Crippen LogP contribution < -0.4 is 0 Å². The van der Waals surface area contributed by atoms with Crippen molar-refractivity contribution < 1.29 is 13.2 Å². The zero-order valence-corrected chi connectivity index (χ0v) is 11.4. The fourth-order valence-electron chi connectivity index (χ4n) is 2.00. The Morgan fingerprint density at radius 2 is 1.74 bits per heavy atom. The SMILES string of the molecule is O=S(=O)(c1ccccc1)C1OC1c1cccc(Cl)c1. The van der Waals surface area contributed by atoms with Crippen LogP contribution in [0.5, 0.6) is 0 Å². The van der Waals surface area contributed by atoms with Gasteiger partial charge in [-0.15, -0.1) is 0 Å². The highest BCUT2D eigenvalue weighted by atomic mass is 35.5. The van der Waals surface area contributed by atoms with Crippen LogP contribution in [0.3, 0.4) is 0 Å². The number of hydrogen-bond donors (Lipinski definition) is 0. The Morgan fingerprint density at radius 1 is 1.00 bits per heavy atom. The first kappa shape index (κ1) is 12.7. The van der Waals surface area contributed by atoms with Crippen molar-refractivity contribution >= 4 is 21.4 Å². The summed E-state index contributed by atoms with van der Waals surface area (Å²) in [5.41, 5.74) is -0.0228. The number of ether oxygens (including phenoxy) is 1. The molecule has 0 spiro atoms. The zero-order chi connectivity index (χ0) is 13.5. The molecule has 1 heterocycles. The third-order valence-electron chi connectivity index (χ3n) is 3.01. The van der Waals surface area contributed by atoms with E-state index in [-0.39, 0.29) is 4.90 Å². The molecular weight excluding hydrogens is 284 g/mol. The molecule has 5 heteroatoms. The fraction of sp³-hybridized carbons (Fsp3) is 0.143. The van der Waals surface area contributed by atoms with E-state index in [4.69, 9.17) is 16.3 Å². The van der Waals surface area contributed by atoms with E-state index in [9.17, 15) is 8.42 Å². The van der Waals surface area contributed by atoms with Crippen LogP contribution in [0, 0.1) is 0 Å². The molecule has 1 saturated heterocycles. The smallest absolute Gasteiger partial charge is 0.208 e. The molecule has 0 aliphatic carbocycles. The van der Waals surface area contributed by atoms with Gasteiger partial charge in [0.05, 0.1) is 4.90 Å². The molecule has 98 valence electrons. The molecule has 1 aliphatic heterocycles. The summed E-state index contributed by atoms with van der Waals surface area (Å²) < 4.78 is 29.9. The Morgan fingerprint density at radius 3 is 2.42 bits per heavy atom. The molecule has 19 heavy (non-hydrogen) atoms. The van der Waals surface area contributed by atoms with Crippen LogP contribution in [0.25, 0.3) is 0 Å². The van der Waals surface area contributed by atoms with Gasteiger partial charge in [0.1, 0.15) is 6.10 Å². The van der Waals surface area contributed by atoms with Gasteiger partial charge in [0.15, 0.2) is 5.44 Å². The Bertz CT molecular complexity index is 698. The van der Waals surface area contributed by atoms with E-state index in [0.717, 1.165) is 5.56 Å². The van der Waals surface area contributed by atoms with Gasteiger partial charge in [0, 0.05) is 5.02 Å². The summed E-state index contributed by atoms with van der Waals surface area (Å²) in [4.78, 5) is 0.282. The normalized spacial score (nSPS) is 22.2. The maximum absolute atomic E-state index is 12.3. The molecule has 0 bridgehead atoms. The van der Waals surface area contributed by atoms with Crippen molar-refractivity contribution in [3.8, 4) is 0 Å². The van der Waals surface area contributed by atoms with Gasteiger partial charge in [-0.05, 0) is 29.8 Å². The number of hydrogen-bond acceptors (Lipinski definition) is 3. The van der Waals surface area contributed by atoms with Crippen molar-refractivity contribution in [1.29, 1.82) is 0 Å². The van der Waals surface area contributed by atoms with E-state index < -0.39 is 21.4 Å². The quantitative estimate of drug-likeness (QED) is 0.817. The van der Waals surface area contributed by atoms with Gasteiger partial charge in [-0.3, -0.25) is 0 Å². The van der Waals surface area contributed by atoms with Crippen molar-refractivity contribution in [2.45, 2.75) is 16.4 Å². The summed E-state index contributed by atoms with van der Waals surface area (Å²) >= 11 is 5.89. The van der Waals surface area contributed by atoms with Crippen LogP contribution in [0.2, 0.25) is 5.02 Å². The van der Waals surface area contributed by atoms with Gasteiger partial charge in [-0.2, -0.15) is 0 Å². The lowest BCUT2D eigenvalue weighted by Crippen LogP contribution is -2.09. The maximum atomic E-state index is 12.3. The molecule has 0 amide bonds. The van der Waals surface area contributed by atoms with Crippen LogP contribution >= 0.6 is 11.6 Å². The first-order valence-corrected chi connectivity index (χ1v) is 7.71. The van der Waals surface area contributed by atoms with Gasteiger partial charge in [-0.25, -0.2) is 8.42 Å². The van der Waals surface area contributed by atoms with Crippen LogP contribution in [-0.2, 0) is 14.6 Å². The Balaban J connectivity index is 1.87. The van der Waals surface area contributed by atoms with Crippen LogP contribution in [-0.4, -0.2) is 13.9 Å². The van der Waals surface area contributed by atoms with E-state index >= 15 is 0 Å². The van der Waals surface area contributed by atoms with Gasteiger partial charge >= 0.3 is 0 Å². The zero-order valence-electron chi connectivity index (χ0n) is 9.86. The average Bonchev–Trinajstić information content (AvgIpc) is 3.21. The highest BCUT2D eigenvalue weighted by Gasteiger charge is 2.50. The molecule has 2 unspecified atom stereocenters. The van der Waals surface area contributed by atoms with Crippen LogP contribution in [0.15, 0.2) is 59.5 Å². The molecule has 3 rings (SSSR count). The van der Waals surface area contributed by atoms with Crippen LogP contribution in [0.1, 0.15) is 11.7 Å². The largest absolute Gasteiger partial charge is 0.347 e. The van der Waals surface area contributed by atoms with Crippen molar-refractivity contribution in [2.24, 2.45) is 0 Å². The van der Waals surface area contributed by atoms with Gasteiger partial charge in [-0.1, -0.05) is 41.9 Å². The van der Waals surface area contributed by atoms with Crippen molar-refractivity contribution in [3.63, 3.8) is 0 Å². The number of halogens is 1. The third-order valence-corrected chi connectivity index (χ3v) is 5.14. The van der Waals surface area contributed by atoms with Gasteiger partial charge < -0.3 is 4.74 Å². The highest BCUT2D eigenvalue weighted by Crippen LogP contribution is 2.44. The molecule has 2 aromatic carbocycles. The minimum Gasteiger partial charge on any atom is -0.347 e. The molecule has 3 nitrogen and oxygen atoms in total. The Labute approximate surface area is 116 Å². The van der Waals surface area contributed by atoms with Gasteiger partial charge in [0.2, 0.25) is 9.84 Å². The lowest BCUT2D eigenvalue weighted by atomic mass is 10.2. The second-order valence-electron chi connectivity index (χ2n) is 4.34. The number of epoxide rings is 1. The van der Waals surface area contributed by atoms with E-state index in [1.165, 1.54) is 0 Å². The minimum atomic E-state index is -3.44. The minimum absolute atomic E-state index is 0.282. The summed E-state index contributed by atoms with van der Waals surface area (Å²) in [5.74, 6) is 0. The summed E-state index contributed by atoms with van der Waals surface area (Å²) in [5, 5.41) is 0.573. The van der Waals surface area contributed by atoms with Crippen molar-refractivity contribution in [1.82, 2.24) is 0 Å². The second-order valence-corrected chi connectivity index (χ2v) is 6.80. The predicted molar refractivity (Wildman–Crippen MR) is 72.7 cm³/mol. The summed E-state index contributed by atoms with van der Waals surface area (Å²) in [7, 11) is -3.44. The fourth-order valence-corrected chi connectivity index (χ4v) is 3.75. The average molecular weight is 295 g/mol. The molecule has 0 radical (unpaired) electrons. The molecule has 0 aromatic heterocycles. The highest BCUT2D eigenvalue weighted by molar-refractivity contribution is 7.92. The van der Waals surface area contributed by atoms with Crippen molar-refractivity contribution in [2.75, 3.05) is 0 Å². The lowest BCUT2D eigenvalue weighted by molar-refractivity contribution is 0.399. The van der Waals surface area contributed by atoms with E-state index in [1.807, 2.05) is 6.07 Å². The molecular formula is C14H11ClO3S. The van der Waals surface area contributed by atoms with Crippen molar-refractivity contribution in [3.05, 3.63) is 65.2 Å². The first-order chi connectivity index (χ1) is 9.09. The van der Waals surface area contributed by atoms with E-state index in [1.54, 1.807) is 48.5 Å². The predicted octanol–water partition coefficient (Wildman–Crippen LogP) is 3.21. The maximum Gasteiger partial charge on any atom is 0.208 e. The van der Waals surface area contributed by atoms with Crippen LogP contribution in [0.4, 0.5) is 0 Å². The number of rotatable bonds is 3. The van der Waals surface area contributed by atoms with Gasteiger partial charge in [0.25, 0.3) is 0 Å². The topological polar surface area (TPSA) is 46.7 Å². The lowest BCUT2D eigenvalue weighted by Gasteiger charge is -2.00. The number of benzene rings is 2. The monoisotopic (exact) mass is 294 g/mol. The summed E-state index contributed by atoms with van der Waals surface area (Å²) in [6.45, 7) is 0. The van der Waals surface area contributed by atoms with E-state index in [0.29, 0.717) is 5.02 Å². The molecule has 0 saturated carbocycles. The van der Waals surface area contributed by atoms with E-state index in [2.05, 4.69) is 0 Å². The second kappa shape index (κ2) is 4.63. The standard InChI is InChI=1S/C14H11ClO3S/c15-11-6-4-5-10(9-11)13-14(18-13)19(16,17)12-7-2-1-3-8-12/h1-9,13-14H. The molecule has 2 atom stereocenters.